The maximum atomic E-state index is 14.6. The van der Waals surface area contributed by atoms with E-state index >= 15 is 0 Å². The van der Waals surface area contributed by atoms with E-state index in [-0.39, 0.29) is 40.2 Å². The fourth-order valence-corrected chi connectivity index (χ4v) is 9.44. The predicted octanol–water partition coefficient (Wildman–Crippen LogP) is 8.08. The molecule has 9 nitrogen and oxygen atoms in total. The number of carbonyl (C=O) groups is 4. The molecule has 4 aromatic carbocycles. The van der Waals surface area contributed by atoms with E-state index in [4.69, 9.17) is 27.6 Å². The van der Waals surface area contributed by atoms with Crippen molar-refractivity contribution in [2.24, 2.45) is 29.1 Å². The fourth-order valence-electron chi connectivity index (χ4n) is 8.98. The highest BCUT2D eigenvalue weighted by Gasteiger charge is 2.68. The third kappa shape index (κ3) is 4.56. The highest BCUT2D eigenvalue weighted by molar-refractivity contribution is 6.32. The maximum absolute atomic E-state index is 14.6. The number of carbonyl (C=O) groups excluding carboxylic acids is 4. The summed E-state index contributed by atoms with van der Waals surface area (Å²) in [6.07, 6.45) is 2.28. The van der Waals surface area contributed by atoms with Gasteiger partial charge >= 0.3 is 0 Å². The molecule has 6 atom stereocenters. The van der Waals surface area contributed by atoms with Crippen LogP contribution >= 0.6 is 23.2 Å². The molecule has 2 aliphatic carbocycles. The summed E-state index contributed by atoms with van der Waals surface area (Å²) in [6.45, 7) is 1.71. The van der Waals surface area contributed by atoms with Gasteiger partial charge in [-0.3, -0.25) is 24.1 Å². The van der Waals surface area contributed by atoms with E-state index in [1.165, 1.54) is 29.2 Å². The zero-order valence-corrected chi connectivity index (χ0v) is 28.9. The Bertz CT molecular complexity index is 2390. The average Bonchev–Trinajstić information content (AvgIpc) is 3.74. The fraction of sp³-hybridized carbons (Fsp3) is 0.225. The Labute approximate surface area is 306 Å². The van der Waals surface area contributed by atoms with Crippen LogP contribution < -0.4 is 9.80 Å². The SMILES string of the molecule is CC12C(=O)N(c3ccc(F)c(Cl)c3)C(=O)C1CC1C(=CCC3C(=O)N(c4ccc(-c5nc6ccccc6o5)cc4)C(=O)C31)C2c1ccc(O)cc1Cl. The third-order valence-electron chi connectivity index (χ3n) is 11.4. The lowest BCUT2D eigenvalue weighted by molar-refractivity contribution is -0.131. The molecule has 0 spiro atoms. The molecule has 52 heavy (non-hydrogen) atoms. The minimum Gasteiger partial charge on any atom is -0.508 e. The number of para-hydroxylation sites is 2. The monoisotopic (exact) mass is 735 g/mol. The van der Waals surface area contributed by atoms with Crippen molar-refractivity contribution in [2.75, 3.05) is 9.80 Å². The number of halogens is 3. The van der Waals surface area contributed by atoms with Crippen molar-refractivity contribution < 1.29 is 33.1 Å². The summed E-state index contributed by atoms with van der Waals surface area (Å²) in [4.78, 5) is 64.3. The van der Waals surface area contributed by atoms with E-state index in [9.17, 15) is 28.7 Å². The van der Waals surface area contributed by atoms with Crippen LogP contribution in [-0.2, 0) is 19.2 Å². The Balaban J connectivity index is 1.10. The van der Waals surface area contributed by atoms with Gasteiger partial charge in [0.25, 0.3) is 0 Å². The Morgan fingerprint density at radius 3 is 2.33 bits per heavy atom. The summed E-state index contributed by atoms with van der Waals surface area (Å²) in [6, 6.07) is 22.4. The summed E-state index contributed by atoms with van der Waals surface area (Å²) in [5, 5.41) is 10.2. The van der Waals surface area contributed by atoms with Crippen LogP contribution in [-0.4, -0.2) is 33.7 Å². The largest absolute Gasteiger partial charge is 0.508 e. The van der Waals surface area contributed by atoms with Crippen molar-refractivity contribution in [1.82, 2.24) is 4.98 Å². The lowest BCUT2D eigenvalue weighted by Gasteiger charge is -2.49. The summed E-state index contributed by atoms with van der Waals surface area (Å²) < 4.78 is 20.1. The molecule has 4 aliphatic rings. The summed E-state index contributed by atoms with van der Waals surface area (Å²) in [5.74, 6) is -5.90. The minimum absolute atomic E-state index is 0.0776. The van der Waals surface area contributed by atoms with E-state index in [1.54, 1.807) is 37.3 Å². The number of amides is 4. The van der Waals surface area contributed by atoms with Crippen LogP contribution in [0.5, 0.6) is 5.75 Å². The first-order chi connectivity index (χ1) is 25.0. The molecule has 0 bridgehead atoms. The van der Waals surface area contributed by atoms with E-state index < -0.39 is 58.5 Å². The molecule has 2 aliphatic heterocycles. The molecular weight excluding hydrogens is 708 g/mol. The molecule has 1 aromatic heterocycles. The highest BCUT2D eigenvalue weighted by atomic mass is 35.5. The molecule has 0 radical (unpaired) electrons. The number of phenols is 1. The van der Waals surface area contributed by atoms with Gasteiger partial charge in [-0.25, -0.2) is 14.3 Å². The molecule has 2 saturated heterocycles. The van der Waals surface area contributed by atoms with Crippen LogP contribution in [0.15, 0.2) is 101 Å². The quantitative estimate of drug-likeness (QED) is 0.146. The van der Waals surface area contributed by atoms with Gasteiger partial charge in [0.1, 0.15) is 17.1 Å². The van der Waals surface area contributed by atoms with Gasteiger partial charge in [-0.05, 0) is 98.0 Å². The van der Waals surface area contributed by atoms with Crippen LogP contribution in [0.3, 0.4) is 0 Å². The van der Waals surface area contributed by atoms with Gasteiger partial charge < -0.3 is 9.52 Å². The van der Waals surface area contributed by atoms with Gasteiger partial charge in [-0.2, -0.15) is 0 Å². The molecule has 1 saturated carbocycles. The summed E-state index contributed by atoms with van der Waals surface area (Å²) in [7, 11) is 0. The molecular formula is C40H28Cl2FN3O6. The molecule has 5 aromatic rings. The molecule has 9 rings (SSSR count). The number of aromatic hydroxyl groups is 1. The number of hydrogen-bond donors (Lipinski definition) is 1. The van der Waals surface area contributed by atoms with Crippen molar-refractivity contribution in [2.45, 2.75) is 25.7 Å². The highest BCUT2D eigenvalue weighted by Crippen LogP contribution is 2.64. The van der Waals surface area contributed by atoms with Gasteiger partial charge in [-0.15, -0.1) is 0 Å². The smallest absolute Gasteiger partial charge is 0.241 e. The molecule has 3 heterocycles. The average molecular weight is 737 g/mol. The number of aromatic nitrogens is 1. The number of anilines is 2. The minimum atomic E-state index is -1.38. The van der Waals surface area contributed by atoms with Gasteiger partial charge in [0.15, 0.2) is 5.58 Å². The van der Waals surface area contributed by atoms with Gasteiger partial charge in [0, 0.05) is 16.5 Å². The topological polar surface area (TPSA) is 121 Å². The lowest BCUT2D eigenvalue weighted by atomic mass is 9.51. The summed E-state index contributed by atoms with van der Waals surface area (Å²) >= 11 is 12.9. The number of benzene rings is 4. The first-order valence-electron chi connectivity index (χ1n) is 16.8. The Hall–Kier alpha value is -5.32. The molecule has 12 heteroatoms. The zero-order chi connectivity index (χ0) is 36.2. The van der Waals surface area contributed by atoms with E-state index in [2.05, 4.69) is 4.98 Å². The number of hydrogen-bond acceptors (Lipinski definition) is 7. The van der Waals surface area contributed by atoms with Gasteiger partial charge in [0.2, 0.25) is 29.5 Å². The molecule has 6 unspecified atom stereocenters. The number of oxazole rings is 1. The van der Waals surface area contributed by atoms with E-state index in [0.717, 1.165) is 16.5 Å². The van der Waals surface area contributed by atoms with Crippen LogP contribution in [0.1, 0.15) is 31.2 Å². The lowest BCUT2D eigenvalue weighted by Crippen LogP contribution is -2.49. The molecule has 4 amide bonds. The second-order valence-electron chi connectivity index (χ2n) is 14.0. The Morgan fingerprint density at radius 1 is 0.846 bits per heavy atom. The second kappa shape index (κ2) is 11.6. The van der Waals surface area contributed by atoms with E-state index in [0.29, 0.717) is 33.8 Å². The number of imide groups is 2. The zero-order valence-electron chi connectivity index (χ0n) is 27.4. The standard InChI is InChI=1S/C40H28Cl2FN3O6/c1-40-27(37(49)46(39(40)51)21-10-15-30(43)29(42)16-21)18-26-23(34(40)24-12-11-22(47)17-28(24)41)13-14-25-33(26)38(50)45(36(25)48)20-8-6-19(7-9-20)35-44-31-4-2-3-5-32(31)52-35/h2-13,15-17,25-27,33-34,47H,14,18H2,1H3. The number of allylic oxidation sites excluding steroid dienone is 2. The van der Waals surface area contributed by atoms with Crippen molar-refractivity contribution in [3.8, 4) is 17.2 Å². The van der Waals surface area contributed by atoms with Gasteiger partial charge in [0.05, 0.1) is 39.6 Å². The van der Waals surface area contributed by atoms with Crippen LogP contribution in [0, 0.1) is 34.9 Å². The maximum Gasteiger partial charge on any atom is 0.241 e. The molecule has 3 fully saturated rings. The van der Waals surface area contributed by atoms with Crippen molar-refractivity contribution >= 4 is 69.3 Å². The number of nitrogens with zero attached hydrogens (tertiary/aromatic N) is 3. The first kappa shape index (κ1) is 32.6. The third-order valence-corrected chi connectivity index (χ3v) is 12.0. The van der Waals surface area contributed by atoms with Crippen molar-refractivity contribution in [3.05, 3.63) is 118 Å². The normalized spacial score (nSPS) is 26.8. The van der Waals surface area contributed by atoms with Crippen molar-refractivity contribution in [1.29, 1.82) is 0 Å². The second-order valence-corrected chi connectivity index (χ2v) is 14.8. The van der Waals surface area contributed by atoms with Crippen LogP contribution in [0.4, 0.5) is 15.8 Å². The number of fused-ring (bicyclic) bond motifs is 5. The molecule has 260 valence electrons. The Kier molecular flexibility index (Phi) is 7.26. The predicted molar refractivity (Wildman–Crippen MR) is 191 cm³/mol. The van der Waals surface area contributed by atoms with Gasteiger partial charge in [-0.1, -0.05) is 53.1 Å². The van der Waals surface area contributed by atoms with Crippen LogP contribution in [0.25, 0.3) is 22.6 Å². The van der Waals surface area contributed by atoms with Crippen molar-refractivity contribution in [3.63, 3.8) is 0 Å². The Morgan fingerprint density at radius 2 is 1.60 bits per heavy atom. The number of rotatable bonds is 4. The summed E-state index contributed by atoms with van der Waals surface area (Å²) in [5.41, 5.74) is 2.42. The number of phenolic OH excluding ortho intramolecular Hbond substituents is 1. The van der Waals surface area contributed by atoms with Crippen LogP contribution in [0.2, 0.25) is 10.0 Å². The first-order valence-corrected chi connectivity index (χ1v) is 17.6. The molecule has 1 N–H and O–H groups in total. The van der Waals surface area contributed by atoms with E-state index in [1.807, 2.05) is 30.3 Å².